The number of nitrogens with zero attached hydrogens (tertiary/aromatic N) is 3. The van der Waals surface area contributed by atoms with Gasteiger partial charge in [-0.3, -0.25) is 0 Å². The van der Waals surface area contributed by atoms with Crippen LogP contribution in [0.4, 0.5) is 13.2 Å². The van der Waals surface area contributed by atoms with Crippen LogP contribution < -0.4 is 0 Å². The number of aliphatic hydroxyl groups excluding tert-OH is 1. The minimum absolute atomic E-state index is 0.0290. The molecule has 0 saturated heterocycles. The molecule has 0 bridgehead atoms. The van der Waals surface area contributed by atoms with Crippen LogP contribution in [-0.4, -0.2) is 19.9 Å². The third kappa shape index (κ3) is 2.71. The number of hydrogen-bond donors (Lipinski definition) is 1. The zero-order chi connectivity index (χ0) is 14.9. The summed E-state index contributed by atoms with van der Waals surface area (Å²) < 4.78 is 40.2. The topological polar surface area (TPSA) is 50.9 Å². The fraction of sp³-hybridized carbons (Fsp3) is 0.333. The van der Waals surface area contributed by atoms with Crippen molar-refractivity contribution in [2.75, 3.05) is 0 Å². The normalized spacial score (nSPS) is 11.9. The van der Waals surface area contributed by atoms with Crippen molar-refractivity contribution in [1.82, 2.24) is 14.8 Å². The molecule has 0 radical (unpaired) electrons. The lowest BCUT2D eigenvalue weighted by atomic mass is 10.1. The van der Waals surface area contributed by atoms with E-state index in [9.17, 15) is 13.2 Å². The fourth-order valence-corrected chi connectivity index (χ4v) is 2.35. The Morgan fingerprint density at radius 1 is 1.30 bits per heavy atom. The maximum Gasteiger partial charge on any atom is 0.417 e. The van der Waals surface area contributed by atoms with E-state index in [0.29, 0.717) is 23.8 Å². The highest BCUT2D eigenvalue weighted by Crippen LogP contribution is 2.37. The summed E-state index contributed by atoms with van der Waals surface area (Å²) in [5.74, 6) is 0.619. The molecule has 0 unspecified atom stereocenters. The predicted molar refractivity (Wildman–Crippen MR) is 69.8 cm³/mol. The molecular formula is C12H11BrF3N3O. The zero-order valence-electron chi connectivity index (χ0n) is 10.4. The molecule has 4 nitrogen and oxygen atoms in total. The van der Waals surface area contributed by atoms with Crippen LogP contribution in [0, 0.1) is 0 Å². The molecule has 2 aromatic rings. The second-order valence-electron chi connectivity index (χ2n) is 4.03. The van der Waals surface area contributed by atoms with Gasteiger partial charge in [-0.15, -0.1) is 10.2 Å². The quantitative estimate of drug-likeness (QED) is 0.925. The first-order valence-electron chi connectivity index (χ1n) is 5.78. The molecule has 1 aromatic heterocycles. The van der Waals surface area contributed by atoms with Crippen molar-refractivity contribution < 1.29 is 18.3 Å². The fourth-order valence-electron chi connectivity index (χ4n) is 1.88. The molecule has 1 aromatic carbocycles. The molecule has 0 saturated carbocycles. The Bertz CT molecular complexity index is 625. The summed E-state index contributed by atoms with van der Waals surface area (Å²) in [5.41, 5.74) is -0.472. The second kappa shape index (κ2) is 5.53. The highest BCUT2D eigenvalue weighted by Gasteiger charge is 2.33. The Morgan fingerprint density at radius 3 is 2.55 bits per heavy atom. The van der Waals surface area contributed by atoms with Crippen LogP contribution in [0.1, 0.15) is 18.3 Å². The maximum absolute atomic E-state index is 12.9. The number of aromatic nitrogens is 3. The van der Waals surface area contributed by atoms with Gasteiger partial charge in [-0.2, -0.15) is 13.2 Å². The Hall–Kier alpha value is -1.41. The Labute approximate surface area is 121 Å². The first kappa shape index (κ1) is 15.0. The third-order valence-corrected chi connectivity index (χ3v) is 3.51. The lowest BCUT2D eigenvalue weighted by Crippen LogP contribution is -2.07. The van der Waals surface area contributed by atoms with Crippen LogP contribution in [0.2, 0.25) is 0 Å². The summed E-state index contributed by atoms with van der Waals surface area (Å²) in [7, 11) is 0. The van der Waals surface area contributed by atoms with Gasteiger partial charge in [-0.25, -0.2) is 0 Å². The van der Waals surface area contributed by atoms with Gasteiger partial charge < -0.3 is 9.67 Å². The molecule has 108 valence electrons. The van der Waals surface area contributed by atoms with Crippen molar-refractivity contribution >= 4 is 15.9 Å². The van der Waals surface area contributed by atoms with Crippen LogP contribution in [-0.2, 0) is 19.3 Å². The number of alkyl halides is 3. The molecule has 0 aliphatic carbocycles. The molecular weight excluding hydrogens is 339 g/mol. The van der Waals surface area contributed by atoms with Gasteiger partial charge in [0.05, 0.1) is 5.56 Å². The van der Waals surface area contributed by atoms with Gasteiger partial charge in [0.2, 0.25) is 0 Å². The number of aliphatic hydroxyl groups is 1. The standard InChI is InChI=1S/C12H11BrF3N3O/c1-2-19-10(6-20)17-18-11(19)7-3-4-9(13)8(5-7)12(14,15)16/h3-5,20H,2,6H2,1H3. The highest BCUT2D eigenvalue weighted by molar-refractivity contribution is 9.10. The molecule has 0 aliphatic rings. The third-order valence-electron chi connectivity index (χ3n) is 2.82. The van der Waals surface area contributed by atoms with Crippen LogP contribution in [0.25, 0.3) is 11.4 Å². The molecule has 0 fully saturated rings. The molecule has 0 atom stereocenters. The van der Waals surface area contributed by atoms with E-state index in [1.54, 1.807) is 11.5 Å². The smallest absolute Gasteiger partial charge is 0.388 e. The molecule has 1 heterocycles. The van der Waals surface area contributed by atoms with Gasteiger partial charge in [-0.1, -0.05) is 22.0 Å². The summed E-state index contributed by atoms with van der Waals surface area (Å²) >= 11 is 2.89. The second-order valence-corrected chi connectivity index (χ2v) is 4.89. The Kier molecular flexibility index (Phi) is 4.14. The zero-order valence-corrected chi connectivity index (χ0v) is 12.0. The van der Waals surface area contributed by atoms with Crippen molar-refractivity contribution in [3.63, 3.8) is 0 Å². The minimum atomic E-state index is -4.45. The first-order chi connectivity index (χ1) is 9.38. The van der Waals surface area contributed by atoms with Gasteiger partial charge in [0, 0.05) is 16.6 Å². The van der Waals surface area contributed by atoms with E-state index in [1.165, 1.54) is 12.1 Å². The number of rotatable bonds is 3. The molecule has 1 N–H and O–H groups in total. The first-order valence-corrected chi connectivity index (χ1v) is 6.57. The summed E-state index contributed by atoms with van der Waals surface area (Å²) in [5, 5.41) is 16.7. The minimum Gasteiger partial charge on any atom is -0.388 e. The number of benzene rings is 1. The van der Waals surface area contributed by atoms with Crippen LogP contribution in [0.5, 0.6) is 0 Å². The van der Waals surface area contributed by atoms with Crippen LogP contribution >= 0.6 is 15.9 Å². The largest absolute Gasteiger partial charge is 0.417 e. The van der Waals surface area contributed by atoms with E-state index < -0.39 is 11.7 Å². The van der Waals surface area contributed by atoms with Crippen molar-refractivity contribution in [3.05, 3.63) is 34.1 Å². The van der Waals surface area contributed by atoms with E-state index >= 15 is 0 Å². The van der Waals surface area contributed by atoms with E-state index in [4.69, 9.17) is 5.11 Å². The van der Waals surface area contributed by atoms with Gasteiger partial charge in [-0.05, 0) is 19.1 Å². The maximum atomic E-state index is 12.9. The highest BCUT2D eigenvalue weighted by atomic mass is 79.9. The molecule has 0 spiro atoms. The number of hydrogen-bond acceptors (Lipinski definition) is 3. The average molecular weight is 350 g/mol. The lowest BCUT2D eigenvalue weighted by Gasteiger charge is -2.11. The summed E-state index contributed by atoms with van der Waals surface area (Å²) in [6.45, 7) is 1.94. The summed E-state index contributed by atoms with van der Waals surface area (Å²) in [6.07, 6.45) is -4.45. The molecule has 2 rings (SSSR count). The molecule has 0 amide bonds. The van der Waals surface area contributed by atoms with Crippen LogP contribution in [0.3, 0.4) is 0 Å². The van der Waals surface area contributed by atoms with Gasteiger partial charge in [0.25, 0.3) is 0 Å². The van der Waals surface area contributed by atoms with Crippen molar-refractivity contribution in [3.8, 4) is 11.4 Å². The Morgan fingerprint density at radius 2 is 2.00 bits per heavy atom. The number of halogens is 4. The van der Waals surface area contributed by atoms with Crippen molar-refractivity contribution in [2.24, 2.45) is 0 Å². The molecule has 0 aliphatic heterocycles. The van der Waals surface area contributed by atoms with E-state index in [1.807, 2.05) is 0 Å². The van der Waals surface area contributed by atoms with Crippen LogP contribution in [0.15, 0.2) is 22.7 Å². The SMILES string of the molecule is CCn1c(CO)nnc1-c1ccc(Br)c(C(F)(F)F)c1. The van der Waals surface area contributed by atoms with E-state index in [2.05, 4.69) is 26.1 Å². The van der Waals surface area contributed by atoms with Gasteiger partial charge in [0.1, 0.15) is 6.61 Å². The van der Waals surface area contributed by atoms with E-state index in [0.717, 1.165) is 6.07 Å². The summed E-state index contributed by atoms with van der Waals surface area (Å²) in [4.78, 5) is 0. The van der Waals surface area contributed by atoms with E-state index in [-0.39, 0.29) is 11.1 Å². The van der Waals surface area contributed by atoms with Gasteiger partial charge >= 0.3 is 6.18 Å². The van der Waals surface area contributed by atoms with Gasteiger partial charge in [0.15, 0.2) is 11.6 Å². The average Bonchev–Trinajstić information content (AvgIpc) is 2.80. The Balaban J connectivity index is 2.57. The van der Waals surface area contributed by atoms with Crippen molar-refractivity contribution in [2.45, 2.75) is 26.3 Å². The van der Waals surface area contributed by atoms with Crippen molar-refractivity contribution in [1.29, 1.82) is 0 Å². The summed E-state index contributed by atoms with van der Waals surface area (Å²) in [6, 6.07) is 3.86. The molecule has 8 heteroatoms. The lowest BCUT2D eigenvalue weighted by molar-refractivity contribution is -0.138. The predicted octanol–water partition coefficient (Wildman–Crippen LogP) is 3.24. The molecule has 20 heavy (non-hydrogen) atoms. The monoisotopic (exact) mass is 349 g/mol.